The molecule has 0 unspecified atom stereocenters. The zero-order valence-electron chi connectivity index (χ0n) is 12.0. The first-order valence-corrected chi connectivity index (χ1v) is 7.13. The van der Waals surface area contributed by atoms with Crippen molar-refractivity contribution in [2.75, 3.05) is 0 Å². The first kappa shape index (κ1) is 14.1. The molecule has 0 saturated carbocycles. The van der Waals surface area contributed by atoms with Gasteiger partial charge in [-0.15, -0.1) is 0 Å². The zero-order valence-corrected chi connectivity index (χ0v) is 12.0. The molecule has 0 amide bonds. The van der Waals surface area contributed by atoms with Crippen LogP contribution >= 0.6 is 0 Å². The van der Waals surface area contributed by atoms with E-state index in [0.717, 1.165) is 6.42 Å². The Labute approximate surface area is 128 Å². The molecule has 0 bridgehead atoms. The van der Waals surface area contributed by atoms with Gasteiger partial charge in [-0.2, -0.15) is 0 Å². The van der Waals surface area contributed by atoms with Crippen LogP contribution in [0.5, 0.6) is 0 Å². The van der Waals surface area contributed by atoms with Crippen LogP contribution in [0.25, 0.3) is 11.1 Å². The van der Waals surface area contributed by atoms with Crippen LogP contribution in [0.2, 0.25) is 0 Å². The molecule has 0 aliphatic rings. The number of nitrogens with zero attached hydrogens (tertiary/aromatic N) is 2. The molecule has 0 spiro atoms. The highest BCUT2D eigenvalue weighted by Crippen LogP contribution is 2.19. The van der Waals surface area contributed by atoms with Crippen molar-refractivity contribution in [3.8, 4) is 11.1 Å². The second-order valence-electron chi connectivity index (χ2n) is 5.06. The van der Waals surface area contributed by atoms with Crippen LogP contribution in [-0.2, 0) is 13.0 Å². The number of aryl methyl sites for hydroxylation is 2. The maximum absolute atomic E-state index is 11.0. The van der Waals surface area contributed by atoms with Crippen molar-refractivity contribution in [1.29, 1.82) is 0 Å². The number of hydrogen-bond donors (Lipinski definition) is 1. The molecule has 4 nitrogen and oxygen atoms in total. The van der Waals surface area contributed by atoms with Gasteiger partial charge in [0.1, 0.15) is 0 Å². The number of benzene rings is 2. The van der Waals surface area contributed by atoms with E-state index in [2.05, 4.69) is 41.4 Å². The summed E-state index contributed by atoms with van der Waals surface area (Å²) in [6.45, 7) is 0.603. The predicted molar refractivity (Wildman–Crippen MR) is 84.8 cm³/mol. The topological polar surface area (TPSA) is 55.1 Å². The van der Waals surface area contributed by atoms with Crippen molar-refractivity contribution >= 4 is 5.97 Å². The molecule has 2 aromatic carbocycles. The maximum Gasteiger partial charge on any atom is 0.372 e. The van der Waals surface area contributed by atoms with E-state index in [4.69, 9.17) is 5.11 Å². The van der Waals surface area contributed by atoms with E-state index in [0.29, 0.717) is 6.54 Å². The van der Waals surface area contributed by atoms with Gasteiger partial charge in [0.25, 0.3) is 0 Å². The van der Waals surface area contributed by atoms with Crippen LogP contribution in [0.1, 0.15) is 16.2 Å². The number of aromatic carboxylic acids is 1. The van der Waals surface area contributed by atoms with E-state index in [-0.39, 0.29) is 5.82 Å². The molecule has 0 saturated heterocycles. The SMILES string of the molecule is O=C(O)c1nccn1CCc1ccc(-c2ccccc2)cc1. The van der Waals surface area contributed by atoms with Gasteiger partial charge in [-0.3, -0.25) is 0 Å². The third-order valence-corrected chi connectivity index (χ3v) is 3.61. The highest BCUT2D eigenvalue weighted by molar-refractivity contribution is 5.83. The van der Waals surface area contributed by atoms with Gasteiger partial charge in [-0.1, -0.05) is 54.6 Å². The van der Waals surface area contributed by atoms with Gasteiger partial charge in [-0.25, -0.2) is 9.78 Å². The largest absolute Gasteiger partial charge is 0.475 e. The molecular weight excluding hydrogens is 276 g/mol. The second kappa shape index (κ2) is 6.26. The summed E-state index contributed by atoms with van der Waals surface area (Å²) in [4.78, 5) is 14.9. The van der Waals surface area contributed by atoms with Crippen LogP contribution in [0.15, 0.2) is 67.0 Å². The minimum absolute atomic E-state index is 0.0842. The summed E-state index contributed by atoms with van der Waals surface area (Å²) >= 11 is 0. The zero-order chi connectivity index (χ0) is 15.4. The van der Waals surface area contributed by atoms with E-state index >= 15 is 0 Å². The van der Waals surface area contributed by atoms with Crippen molar-refractivity contribution in [2.24, 2.45) is 0 Å². The molecule has 1 N–H and O–H groups in total. The first-order valence-electron chi connectivity index (χ1n) is 7.13. The standard InChI is InChI=1S/C18H16N2O2/c21-18(22)17-19-11-13-20(17)12-10-14-6-8-16(9-7-14)15-4-2-1-3-5-15/h1-9,11,13H,10,12H2,(H,21,22). The lowest BCUT2D eigenvalue weighted by atomic mass is 10.0. The minimum Gasteiger partial charge on any atom is -0.475 e. The summed E-state index contributed by atoms with van der Waals surface area (Å²) in [5.41, 5.74) is 3.54. The highest BCUT2D eigenvalue weighted by Gasteiger charge is 2.10. The fourth-order valence-electron chi connectivity index (χ4n) is 2.43. The van der Waals surface area contributed by atoms with E-state index < -0.39 is 5.97 Å². The Balaban J connectivity index is 1.69. The average molecular weight is 292 g/mol. The Kier molecular flexibility index (Phi) is 4.01. The molecule has 3 rings (SSSR count). The van der Waals surface area contributed by atoms with Crippen molar-refractivity contribution < 1.29 is 9.90 Å². The summed E-state index contributed by atoms with van der Waals surface area (Å²) in [6, 6.07) is 18.6. The quantitative estimate of drug-likeness (QED) is 0.783. The molecular formula is C18H16N2O2. The molecule has 0 radical (unpaired) electrons. The molecule has 4 heteroatoms. The second-order valence-corrected chi connectivity index (χ2v) is 5.06. The lowest BCUT2D eigenvalue weighted by Gasteiger charge is -2.07. The third kappa shape index (κ3) is 3.06. The van der Waals surface area contributed by atoms with E-state index in [1.165, 1.54) is 22.9 Å². The smallest absolute Gasteiger partial charge is 0.372 e. The number of carboxylic acids is 1. The van der Waals surface area contributed by atoms with Gasteiger partial charge >= 0.3 is 5.97 Å². The van der Waals surface area contributed by atoms with Crippen molar-refractivity contribution in [1.82, 2.24) is 9.55 Å². The minimum atomic E-state index is -0.996. The van der Waals surface area contributed by atoms with Crippen LogP contribution in [0.4, 0.5) is 0 Å². The number of carboxylic acid groups (broad SMARTS) is 1. The van der Waals surface area contributed by atoms with Gasteiger partial charge in [0.05, 0.1) is 0 Å². The number of rotatable bonds is 5. The fraction of sp³-hybridized carbons (Fsp3) is 0.111. The lowest BCUT2D eigenvalue weighted by molar-refractivity contribution is 0.0678. The fourth-order valence-corrected chi connectivity index (χ4v) is 2.43. The Hall–Kier alpha value is -2.88. The van der Waals surface area contributed by atoms with Gasteiger partial charge in [0.15, 0.2) is 0 Å². The molecule has 1 heterocycles. The maximum atomic E-state index is 11.0. The van der Waals surface area contributed by atoms with E-state index in [9.17, 15) is 4.79 Å². The van der Waals surface area contributed by atoms with Crippen molar-refractivity contribution in [3.63, 3.8) is 0 Å². The molecule has 0 fully saturated rings. The van der Waals surface area contributed by atoms with Crippen LogP contribution in [0, 0.1) is 0 Å². The summed E-state index contributed by atoms with van der Waals surface area (Å²) in [5, 5.41) is 9.03. The molecule has 1 aromatic heterocycles. The highest BCUT2D eigenvalue weighted by atomic mass is 16.4. The van der Waals surface area contributed by atoms with Crippen LogP contribution in [0.3, 0.4) is 0 Å². The van der Waals surface area contributed by atoms with E-state index in [1.807, 2.05) is 18.2 Å². The van der Waals surface area contributed by atoms with Gasteiger partial charge in [-0.05, 0) is 23.1 Å². The molecule has 3 aromatic rings. The Morgan fingerprint density at radius 3 is 2.36 bits per heavy atom. The molecule has 110 valence electrons. The molecule has 0 aliphatic heterocycles. The number of imidazole rings is 1. The lowest BCUT2D eigenvalue weighted by Crippen LogP contribution is -2.10. The summed E-state index contributed by atoms with van der Waals surface area (Å²) < 4.78 is 1.66. The Bertz CT molecular complexity index is 761. The summed E-state index contributed by atoms with van der Waals surface area (Å²) in [5.74, 6) is -0.912. The Morgan fingerprint density at radius 1 is 1.00 bits per heavy atom. The predicted octanol–water partition coefficient (Wildman–Crippen LogP) is 3.49. The van der Waals surface area contributed by atoms with Crippen molar-refractivity contribution in [3.05, 3.63) is 78.4 Å². The van der Waals surface area contributed by atoms with Crippen molar-refractivity contribution in [2.45, 2.75) is 13.0 Å². The van der Waals surface area contributed by atoms with Gasteiger partial charge in [0, 0.05) is 18.9 Å². The Morgan fingerprint density at radius 2 is 1.68 bits per heavy atom. The number of carbonyl (C=O) groups is 1. The third-order valence-electron chi connectivity index (χ3n) is 3.61. The number of hydrogen-bond acceptors (Lipinski definition) is 2. The summed E-state index contributed by atoms with van der Waals surface area (Å²) in [6.07, 6.45) is 3.98. The van der Waals surface area contributed by atoms with Gasteiger partial charge < -0.3 is 9.67 Å². The number of aromatic nitrogens is 2. The normalized spacial score (nSPS) is 10.5. The van der Waals surface area contributed by atoms with Crippen LogP contribution < -0.4 is 0 Å². The molecule has 22 heavy (non-hydrogen) atoms. The average Bonchev–Trinajstić information content (AvgIpc) is 3.03. The molecule has 0 atom stereocenters. The first-order chi connectivity index (χ1) is 10.7. The molecule has 0 aliphatic carbocycles. The monoisotopic (exact) mass is 292 g/mol. The van der Waals surface area contributed by atoms with Gasteiger partial charge in [0.2, 0.25) is 5.82 Å². The van der Waals surface area contributed by atoms with Crippen LogP contribution in [-0.4, -0.2) is 20.6 Å². The summed E-state index contributed by atoms with van der Waals surface area (Å²) in [7, 11) is 0. The van der Waals surface area contributed by atoms with E-state index in [1.54, 1.807) is 10.8 Å².